The smallest absolute Gasteiger partial charge is 0.269 e. The number of nitro benzene ring substituents is 1. The van der Waals surface area contributed by atoms with Crippen LogP contribution in [-0.2, 0) is 20.9 Å². The topological polar surface area (TPSA) is 172 Å². The van der Waals surface area contributed by atoms with E-state index in [-0.39, 0.29) is 68.9 Å². The molecule has 2 aliphatic heterocycles. The predicted octanol–water partition coefficient (Wildman–Crippen LogP) is 7.89. The van der Waals surface area contributed by atoms with Crippen LogP contribution in [0.5, 0.6) is 23.0 Å². The van der Waals surface area contributed by atoms with Gasteiger partial charge < -0.3 is 43.6 Å². The Kier molecular flexibility index (Phi) is 14.4. The molecule has 4 aliphatic rings. The van der Waals surface area contributed by atoms with E-state index in [4.69, 9.17) is 28.5 Å². The number of rotatable bonds is 21. The van der Waals surface area contributed by atoms with Crippen LogP contribution >= 0.6 is 0 Å². The van der Waals surface area contributed by atoms with Crippen LogP contribution in [0.1, 0.15) is 67.6 Å². The van der Waals surface area contributed by atoms with Gasteiger partial charge in [-0.1, -0.05) is 48.9 Å². The van der Waals surface area contributed by atoms with Crippen LogP contribution in [0.15, 0.2) is 109 Å². The van der Waals surface area contributed by atoms with Gasteiger partial charge in [0.15, 0.2) is 11.5 Å². The van der Waals surface area contributed by atoms with Crippen LogP contribution in [0.25, 0.3) is 6.08 Å². The van der Waals surface area contributed by atoms with E-state index >= 15 is 4.79 Å². The van der Waals surface area contributed by atoms with E-state index in [1.807, 2.05) is 36.4 Å². The van der Waals surface area contributed by atoms with Crippen molar-refractivity contribution in [2.45, 2.75) is 69.2 Å². The van der Waals surface area contributed by atoms with Gasteiger partial charge in [-0.05, 0) is 103 Å². The van der Waals surface area contributed by atoms with Gasteiger partial charge in [0.25, 0.3) is 5.69 Å². The summed E-state index contributed by atoms with van der Waals surface area (Å²) in [6, 6.07) is 16.5. The summed E-state index contributed by atoms with van der Waals surface area (Å²) in [5.41, 5.74) is 3.80. The maximum absolute atomic E-state index is 15.0. The van der Waals surface area contributed by atoms with E-state index in [2.05, 4.69) is 24.4 Å². The van der Waals surface area contributed by atoms with Crippen LogP contribution in [0.3, 0.4) is 0 Å². The van der Waals surface area contributed by atoms with Gasteiger partial charge >= 0.3 is 0 Å². The van der Waals surface area contributed by atoms with Crippen molar-refractivity contribution in [3.63, 3.8) is 0 Å². The summed E-state index contributed by atoms with van der Waals surface area (Å²) >= 11 is 0. The van der Waals surface area contributed by atoms with Crippen molar-refractivity contribution in [2.75, 3.05) is 40.3 Å². The molecule has 14 heteroatoms. The number of unbranched alkanes of at least 4 members (excludes halogenated alkanes) is 2. The summed E-state index contributed by atoms with van der Waals surface area (Å²) in [6.45, 7) is 8.62. The second-order valence-corrected chi connectivity index (χ2v) is 15.9. The van der Waals surface area contributed by atoms with E-state index in [0.717, 1.165) is 42.4 Å². The summed E-state index contributed by atoms with van der Waals surface area (Å²) in [5, 5.41) is 35.8. The summed E-state index contributed by atoms with van der Waals surface area (Å²) < 4.78 is 31.9. The van der Waals surface area contributed by atoms with Gasteiger partial charge in [0.1, 0.15) is 31.3 Å². The van der Waals surface area contributed by atoms with Crippen molar-refractivity contribution in [1.82, 2.24) is 4.90 Å². The third-order valence-electron chi connectivity index (χ3n) is 12.2. The Bertz CT molecular complexity index is 2190. The zero-order valence-electron chi connectivity index (χ0n) is 35.1. The lowest BCUT2D eigenvalue weighted by atomic mass is 9.55. The number of allylic oxidation sites excluding steroid dienone is 1. The van der Waals surface area contributed by atoms with Gasteiger partial charge in [-0.15, -0.1) is 6.58 Å². The average molecular weight is 850 g/mol. The second-order valence-electron chi connectivity index (χ2n) is 15.9. The molecule has 0 radical (unpaired) electrons. The average Bonchev–Trinajstić information content (AvgIpc) is 3.76. The van der Waals surface area contributed by atoms with Gasteiger partial charge in [-0.3, -0.25) is 14.9 Å². The number of carbonyl (C=O) groups excluding carboxylic acids is 1. The molecule has 6 atom stereocenters. The van der Waals surface area contributed by atoms with E-state index < -0.39 is 22.7 Å². The van der Waals surface area contributed by atoms with Crippen molar-refractivity contribution in [3.05, 3.63) is 131 Å². The van der Waals surface area contributed by atoms with Crippen LogP contribution < -0.4 is 18.9 Å². The monoisotopic (exact) mass is 849 g/mol. The number of aliphatic hydroxyl groups is 2. The molecule has 2 aliphatic carbocycles. The molecule has 0 unspecified atom stereocenters. The Morgan fingerprint density at radius 1 is 0.968 bits per heavy atom. The third kappa shape index (κ3) is 9.27. The summed E-state index contributed by atoms with van der Waals surface area (Å²) in [5.74, 6) is -0.111. The molecular formula is C48H55N3O11. The van der Waals surface area contributed by atoms with Crippen LogP contribution in [0.2, 0.25) is 0 Å². The highest BCUT2D eigenvalue weighted by atomic mass is 16.7. The number of hydrogen-bond donors (Lipinski definition) is 2. The van der Waals surface area contributed by atoms with Crippen LogP contribution in [0.4, 0.5) is 5.69 Å². The van der Waals surface area contributed by atoms with E-state index in [1.165, 1.54) is 25.3 Å². The van der Waals surface area contributed by atoms with Crippen molar-refractivity contribution >= 4 is 23.4 Å². The molecule has 1 amide bonds. The third-order valence-corrected chi connectivity index (χ3v) is 12.2. The molecule has 0 bridgehead atoms. The molecular weight excluding hydrogens is 795 g/mol. The largest absolute Gasteiger partial charge is 0.490 e. The number of carbonyl (C=O) groups is 1. The minimum absolute atomic E-state index is 0.0283. The first-order valence-corrected chi connectivity index (χ1v) is 21.2. The van der Waals surface area contributed by atoms with E-state index in [1.54, 1.807) is 35.3 Å². The summed E-state index contributed by atoms with van der Waals surface area (Å²) in [7, 11) is 1.51. The first-order valence-electron chi connectivity index (χ1n) is 21.2. The maximum Gasteiger partial charge on any atom is 0.269 e. The van der Waals surface area contributed by atoms with Crippen LogP contribution in [-0.4, -0.2) is 83.8 Å². The summed E-state index contributed by atoms with van der Waals surface area (Å²) in [6.07, 6.45) is 13.4. The molecule has 62 heavy (non-hydrogen) atoms. The number of amides is 1. The molecule has 2 heterocycles. The fraction of sp³-hybridized carbons (Fsp3) is 0.417. The maximum atomic E-state index is 15.0. The lowest BCUT2D eigenvalue weighted by Crippen LogP contribution is -2.70. The van der Waals surface area contributed by atoms with Gasteiger partial charge in [-0.2, -0.15) is 0 Å². The molecule has 2 N–H and O–H groups in total. The van der Waals surface area contributed by atoms with Crippen molar-refractivity contribution in [2.24, 2.45) is 22.9 Å². The summed E-state index contributed by atoms with van der Waals surface area (Å²) in [4.78, 5) is 33.3. The van der Waals surface area contributed by atoms with Gasteiger partial charge in [-0.25, -0.2) is 0 Å². The molecule has 1 fully saturated rings. The van der Waals surface area contributed by atoms with Gasteiger partial charge in [0.05, 0.1) is 23.2 Å². The predicted molar refractivity (Wildman–Crippen MR) is 233 cm³/mol. The molecule has 7 rings (SSSR count). The Morgan fingerprint density at radius 3 is 2.44 bits per heavy atom. The van der Waals surface area contributed by atoms with Crippen LogP contribution in [0, 0.1) is 27.9 Å². The Balaban J connectivity index is 1.43. The zero-order valence-corrected chi connectivity index (χ0v) is 35.1. The minimum atomic E-state index is -1.49. The standard InChI is InChI=1S/C48H55N3O11/c1-4-24-58-36-18-20-41-39(28-36)46-37(11-7-9-23-53)34(10-6-8-22-52)27-38-40(49-57-3)29-44(48(62-41,47(38)46)61-25-5-2)50(30-33-14-19-42-43(26-33)60-31-59-42)45(54)21-15-32-12-16-35(17-13-32)51(55)56/h4-5,12-21,26-28,34,37,44,46-47,52-53H,1-2,6-11,22-25,29-31H2,3H3/t34-,37+,44-,46+,47+,48+/m0/s1. The number of non-ortho nitro benzene ring substituents is 1. The number of nitro groups is 1. The second kappa shape index (κ2) is 20.3. The number of hydrogen-bond acceptors (Lipinski definition) is 12. The van der Waals surface area contributed by atoms with Gasteiger partial charge in [0, 0.05) is 55.9 Å². The fourth-order valence-electron chi connectivity index (χ4n) is 9.55. The zero-order chi connectivity index (χ0) is 43.6. The SMILES string of the molecule is C=CCOc1ccc2c(c1)[C@H]1[C@H](CCCCO)[C@@H](CCCCO)C=C3C(=NOC)C[C@H](N(Cc4ccc5c(c4)OCO5)C(=O)C=Cc4ccc([N+](=O)[O-])cc4)[C@@](OCC=C)(O2)[C@H]31. The first kappa shape index (κ1) is 44.1. The molecule has 3 aromatic rings. The van der Waals surface area contributed by atoms with E-state index in [9.17, 15) is 20.3 Å². The molecule has 328 valence electrons. The molecule has 0 saturated heterocycles. The number of nitrogens with zero attached hydrogens (tertiary/aromatic N) is 3. The Morgan fingerprint density at radius 2 is 1.71 bits per heavy atom. The molecule has 14 nitrogen and oxygen atoms in total. The number of aliphatic hydroxyl groups excluding tert-OH is 2. The number of benzene rings is 3. The molecule has 0 spiro atoms. The first-order chi connectivity index (χ1) is 30.2. The van der Waals surface area contributed by atoms with Crippen molar-refractivity contribution in [1.29, 1.82) is 0 Å². The normalized spacial score (nSPS) is 23.8. The van der Waals surface area contributed by atoms with E-state index in [0.29, 0.717) is 53.7 Å². The lowest BCUT2D eigenvalue weighted by molar-refractivity contribution is -0.384. The highest BCUT2D eigenvalue weighted by Crippen LogP contribution is 2.62. The van der Waals surface area contributed by atoms with Gasteiger partial charge in [0.2, 0.25) is 18.5 Å². The highest BCUT2D eigenvalue weighted by molar-refractivity contribution is 6.03. The molecule has 1 saturated carbocycles. The Hall–Kier alpha value is -5.96. The number of fused-ring (bicyclic) bond motifs is 3. The number of ether oxygens (including phenoxy) is 5. The quantitative estimate of drug-likeness (QED) is 0.0351. The Labute approximate surface area is 361 Å². The lowest BCUT2D eigenvalue weighted by Gasteiger charge is -2.60. The van der Waals surface area contributed by atoms with Crippen molar-refractivity contribution in [3.8, 4) is 23.0 Å². The van der Waals surface area contributed by atoms with Crippen molar-refractivity contribution < 1.29 is 48.5 Å². The molecule has 3 aromatic carbocycles. The highest BCUT2D eigenvalue weighted by Gasteiger charge is 2.65. The fourth-order valence-corrected chi connectivity index (χ4v) is 9.55. The minimum Gasteiger partial charge on any atom is -0.490 e. The molecule has 0 aromatic heterocycles. The number of oxime groups is 1.